The third-order valence-electron chi connectivity index (χ3n) is 4.99. The number of nitrogens with one attached hydrogen (secondary N) is 1. The van der Waals surface area contributed by atoms with Gasteiger partial charge in [0.05, 0.1) is 0 Å². The van der Waals surface area contributed by atoms with E-state index in [9.17, 15) is 0 Å². The second-order valence-corrected chi connectivity index (χ2v) is 6.54. The Hall–Kier alpha value is -0.0800. The molecule has 2 nitrogen and oxygen atoms in total. The molecule has 3 unspecified atom stereocenters. The van der Waals surface area contributed by atoms with E-state index >= 15 is 0 Å². The van der Waals surface area contributed by atoms with Crippen molar-refractivity contribution in [2.45, 2.75) is 76.8 Å². The van der Waals surface area contributed by atoms with Gasteiger partial charge in [-0.15, -0.1) is 0 Å². The molecular formula is C16H34N2. The molecule has 0 spiro atoms. The maximum Gasteiger partial charge on any atom is 0.0358 e. The van der Waals surface area contributed by atoms with E-state index in [2.05, 4.69) is 45.2 Å². The minimum Gasteiger partial charge on any atom is -0.315 e. The highest BCUT2D eigenvalue weighted by molar-refractivity contribution is 5.01. The number of nitrogens with zero attached hydrogens (tertiary/aromatic N) is 1. The molecule has 0 aromatic rings. The Balaban J connectivity index is 2.73. The lowest BCUT2D eigenvalue weighted by atomic mass is 9.70. The molecule has 1 aliphatic carbocycles. The summed E-state index contributed by atoms with van der Waals surface area (Å²) in [7, 11) is 6.71. The molecule has 1 rings (SSSR count). The summed E-state index contributed by atoms with van der Waals surface area (Å²) in [6, 6.07) is 0.654. The zero-order chi connectivity index (χ0) is 13.6. The molecule has 1 N–H and O–H groups in total. The van der Waals surface area contributed by atoms with E-state index in [1.54, 1.807) is 0 Å². The van der Waals surface area contributed by atoms with Gasteiger partial charge in [0.25, 0.3) is 0 Å². The Bertz CT molecular complexity index is 227. The lowest BCUT2D eigenvalue weighted by Crippen LogP contribution is -2.60. The minimum absolute atomic E-state index is 0.389. The van der Waals surface area contributed by atoms with Crippen molar-refractivity contribution in [1.29, 1.82) is 0 Å². The molecule has 1 aliphatic rings. The van der Waals surface area contributed by atoms with Crippen LogP contribution in [0.1, 0.15) is 65.2 Å². The molecule has 0 bridgehead atoms. The van der Waals surface area contributed by atoms with E-state index in [4.69, 9.17) is 0 Å². The van der Waals surface area contributed by atoms with Crippen molar-refractivity contribution in [3.05, 3.63) is 0 Å². The molecule has 1 fully saturated rings. The van der Waals surface area contributed by atoms with E-state index in [0.29, 0.717) is 11.6 Å². The van der Waals surface area contributed by atoms with Crippen LogP contribution in [-0.4, -0.2) is 37.6 Å². The first-order valence-corrected chi connectivity index (χ1v) is 7.91. The molecule has 0 aliphatic heterocycles. The van der Waals surface area contributed by atoms with Gasteiger partial charge in [0.15, 0.2) is 0 Å². The lowest BCUT2D eigenvalue weighted by Gasteiger charge is -2.50. The van der Waals surface area contributed by atoms with Crippen molar-refractivity contribution in [3.8, 4) is 0 Å². The van der Waals surface area contributed by atoms with Gasteiger partial charge in [-0.2, -0.15) is 0 Å². The Morgan fingerprint density at radius 1 is 1.33 bits per heavy atom. The third-order valence-corrected chi connectivity index (χ3v) is 4.99. The highest BCUT2D eigenvalue weighted by atomic mass is 15.2. The second kappa shape index (κ2) is 7.49. The topological polar surface area (TPSA) is 15.3 Å². The Morgan fingerprint density at radius 2 is 2.06 bits per heavy atom. The van der Waals surface area contributed by atoms with Gasteiger partial charge in [0.1, 0.15) is 0 Å². The van der Waals surface area contributed by atoms with Gasteiger partial charge in [-0.3, -0.25) is 0 Å². The summed E-state index contributed by atoms with van der Waals surface area (Å²) in [5, 5.41) is 3.63. The number of rotatable bonds is 7. The molecule has 0 aromatic heterocycles. The average molecular weight is 254 g/mol. The molecule has 0 heterocycles. The predicted octanol–water partition coefficient (Wildman–Crippen LogP) is 3.67. The van der Waals surface area contributed by atoms with Gasteiger partial charge in [-0.25, -0.2) is 0 Å². The molecular weight excluding hydrogens is 220 g/mol. The first-order chi connectivity index (χ1) is 8.56. The molecule has 1 saturated carbocycles. The standard InChI is InChI=1S/C16H34N2/c1-6-7-8-11-15(17-3)16(18(4)5)12-9-10-14(2)13-16/h14-15,17H,6-13H2,1-5H3. The summed E-state index contributed by atoms with van der Waals surface area (Å²) in [6.45, 7) is 4.72. The van der Waals surface area contributed by atoms with Crippen LogP contribution >= 0.6 is 0 Å². The van der Waals surface area contributed by atoms with Crippen LogP contribution in [0.15, 0.2) is 0 Å². The van der Waals surface area contributed by atoms with E-state index in [-0.39, 0.29) is 0 Å². The van der Waals surface area contributed by atoms with Crippen LogP contribution in [0, 0.1) is 5.92 Å². The highest BCUT2D eigenvalue weighted by Crippen LogP contribution is 2.39. The SMILES string of the molecule is CCCCCC(NC)C1(N(C)C)CCCC(C)C1. The summed E-state index contributed by atoms with van der Waals surface area (Å²) < 4.78 is 0. The fourth-order valence-electron chi connectivity index (χ4n) is 3.88. The van der Waals surface area contributed by atoms with Crippen LogP contribution in [0.25, 0.3) is 0 Å². The molecule has 0 aromatic carbocycles. The first-order valence-electron chi connectivity index (χ1n) is 7.91. The van der Waals surface area contributed by atoms with Crippen molar-refractivity contribution in [1.82, 2.24) is 10.2 Å². The third kappa shape index (κ3) is 3.71. The van der Waals surface area contributed by atoms with Crippen LogP contribution in [0.4, 0.5) is 0 Å². The quantitative estimate of drug-likeness (QED) is 0.697. The highest BCUT2D eigenvalue weighted by Gasteiger charge is 2.42. The van der Waals surface area contributed by atoms with E-state index in [0.717, 1.165) is 5.92 Å². The van der Waals surface area contributed by atoms with Gasteiger partial charge in [0.2, 0.25) is 0 Å². The minimum atomic E-state index is 0.389. The van der Waals surface area contributed by atoms with Crippen LogP contribution in [0.3, 0.4) is 0 Å². The molecule has 108 valence electrons. The van der Waals surface area contributed by atoms with Crippen molar-refractivity contribution < 1.29 is 0 Å². The lowest BCUT2D eigenvalue weighted by molar-refractivity contribution is 0.0361. The zero-order valence-electron chi connectivity index (χ0n) is 13.3. The molecule has 18 heavy (non-hydrogen) atoms. The van der Waals surface area contributed by atoms with Crippen LogP contribution in [0.5, 0.6) is 0 Å². The maximum atomic E-state index is 3.63. The first kappa shape index (κ1) is 16.0. The van der Waals surface area contributed by atoms with Crippen molar-refractivity contribution in [2.75, 3.05) is 21.1 Å². The summed E-state index contributed by atoms with van der Waals surface area (Å²) in [6.07, 6.45) is 10.9. The van der Waals surface area contributed by atoms with E-state index in [1.165, 1.54) is 51.4 Å². The molecule has 0 saturated heterocycles. The maximum absolute atomic E-state index is 3.63. The van der Waals surface area contributed by atoms with Crippen molar-refractivity contribution >= 4 is 0 Å². The summed E-state index contributed by atoms with van der Waals surface area (Å²) in [5.74, 6) is 0.878. The monoisotopic (exact) mass is 254 g/mol. The van der Waals surface area contributed by atoms with Gasteiger partial charge in [0, 0.05) is 11.6 Å². The summed E-state index contributed by atoms with van der Waals surface area (Å²) >= 11 is 0. The van der Waals surface area contributed by atoms with E-state index in [1.807, 2.05) is 0 Å². The van der Waals surface area contributed by atoms with Gasteiger partial charge >= 0.3 is 0 Å². The molecule has 0 radical (unpaired) electrons. The van der Waals surface area contributed by atoms with Gasteiger partial charge in [-0.1, -0.05) is 46.0 Å². The number of unbranched alkanes of at least 4 members (excludes halogenated alkanes) is 2. The number of likely N-dealkylation sites (N-methyl/N-ethyl adjacent to an activating group) is 2. The van der Waals surface area contributed by atoms with Gasteiger partial charge in [-0.05, 0) is 46.3 Å². The Morgan fingerprint density at radius 3 is 2.56 bits per heavy atom. The van der Waals surface area contributed by atoms with E-state index < -0.39 is 0 Å². The zero-order valence-corrected chi connectivity index (χ0v) is 13.3. The fourth-order valence-corrected chi connectivity index (χ4v) is 3.88. The predicted molar refractivity (Wildman–Crippen MR) is 81.0 cm³/mol. The smallest absolute Gasteiger partial charge is 0.0358 e. The van der Waals surface area contributed by atoms with Crippen LogP contribution < -0.4 is 5.32 Å². The molecule has 3 atom stereocenters. The van der Waals surface area contributed by atoms with Crippen LogP contribution in [0.2, 0.25) is 0 Å². The Kier molecular flexibility index (Phi) is 6.65. The Labute approximate surface area is 115 Å². The summed E-state index contributed by atoms with van der Waals surface area (Å²) in [5.41, 5.74) is 0.389. The second-order valence-electron chi connectivity index (χ2n) is 6.54. The number of hydrogen-bond donors (Lipinski definition) is 1. The fraction of sp³-hybridized carbons (Fsp3) is 1.00. The normalized spacial score (nSPS) is 30.7. The largest absolute Gasteiger partial charge is 0.315 e. The molecule has 2 heteroatoms. The number of hydrogen-bond acceptors (Lipinski definition) is 2. The van der Waals surface area contributed by atoms with Gasteiger partial charge < -0.3 is 10.2 Å². The van der Waals surface area contributed by atoms with Crippen molar-refractivity contribution in [2.24, 2.45) is 5.92 Å². The average Bonchev–Trinajstić information content (AvgIpc) is 2.34. The van der Waals surface area contributed by atoms with Crippen LogP contribution in [-0.2, 0) is 0 Å². The summed E-state index contributed by atoms with van der Waals surface area (Å²) in [4.78, 5) is 2.51. The molecule has 0 amide bonds. The van der Waals surface area contributed by atoms with Crippen molar-refractivity contribution in [3.63, 3.8) is 0 Å².